The Hall–Kier alpha value is -3.75. The molecule has 0 spiro atoms. The van der Waals surface area contributed by atoms with Crippen LogP contribution in [-0.2, 0) is 4.79 Å². The molecule has 1 aliphatic heterocycles. The zero-order valence-electron chi connectivity index (χ0n) is 16.1. The van der Waals surface area contributed by atoms with Gasteiger partial charge in [-0.2, -0.15) is 10.1 Å². The van der Waals surface area contributed by atoms with Crippen LogP contribution in [0.15, 0.2) is 54.9 Å². The van der Waals surface area contributed by atoms with E-state index in [1.807, 2.05) is 48.7 Å². The second kappa shape index (κ2) is 8.51. The highest BCUT2D eigenvalue weighted by Crippen LogP contribution is 2.20. The predicted molar refractivity (Wildman–Crippen MR) is 113 cm³/mol. The van der Waals surface area contributed by atoms with Gasteiger partial charge in [0.1, 0.15) is 5.82 Å². The van der Waals surface area contributed by atoms with Crippen LogP contribution >= 0.6 is 0 Å². The molecule has 0 unspecified atom stereocenters. The maximum absolute atomic E-state index is 11.2. The Kier molecular flexibility index (Phi) is 5.46. The molecule has 9 nitrogen and oxygen atoms in total. The first-order valence-corrected chi connectivity index (χ1v) is 9.43. The van der Waals surface area contributed by atoms with Crippen molar-refractivity contribution in [3.8, 4) is 0 Å². The predicted octanol–water partition coefficient (Wildman–Crippen LogP) is 2.30. The summed E-state index contributed by atoms with van der Waals surface area (Å²) in [5.74, 6) is 2.06. The summed E-state index contributed by atoms with van der Waals surface area (Å²) in [4.78, 5) is 24.6. The van der Waals surface area contributed by atoms with Gasteiger partial charge in [0.25, 0.3) is 0 Å². The highest BCUT2D eigenvalue weighted by atomic mass is 16.1. The number of nitrogens with zero attached hydrogens (tertiary/aromatic N) is 6. The Balaban J connectivity index is 1.41. The lowest BCUT2D eigenvalue weighted by atomic mass is 10.2. The molecule has 2 N–H and O–H groups in total. The summed E-state index contributed by atoms with van der Waals surface area (Å²) in [7, 11) is 0. The molecule has 1 aromatic carbocycles. The highest BCUT2D eigenvalue weighted by Gasteiger charge is 2.20. The van der Waals surface area contributed by atoms with Gasteiger partial charge in [-0.3, -0.25) is 4.79 Å². The SMILES string of the molecule is CC(=O)Nc1cccc(Nc2cnnc(N3CCN(c4ccccn4)CC3)n2)c1. The van der Waals surface area contributed by atoms with Crippen molar-refractivity contribution in [1.29, 1.82) is 0 Å². The number of rotatable bonds is 5. The molecule has 0 radical (unpaired) electrons. The van der Waals surface area contributed by atoms with Crippen molar-refractivity contribution in [2.24, 2.45) is 0 Å². The van der Waals surface area contributed by atoms with E-state index in [0.29, 0.717) is 11.8 Å². The number of piperazine rings is 1. The normalized spacial score (nSPS) is 13.8. The molecular formula is C20H22N8O. The molecular weight excluding hydrogens is 368 g/mol. The lowest BCUT2D eigenvalue weighted by Crippen LogP contribution is -2.47. The number of carbonyl (C=O) groups excluding carboxylic acids is 1. The Morgan fingerprint density at radius 2 is 1.79 bits per heavy atom. The average molecular weight is 390 g/mol. The molecule has 1 saturated heterocycles. The van der Waals surface area contributed by atoms with Gasteiger partial charge in [-0.15, -0.1) is 5.10 Å². The van der Waals surface area contributed by atoms with Crippen LogP contribution in [-0.4, -0.2) is 52.3 Å². The fourth-order valence-electron chi connectivity index (χ4n) is 3.19. The monoisotopic (exact) mass is 390 g/mol. The second-order valence-electron chi connectivity index (χ2n) is 6.69. The Morgan fingerprint density at radius 3 is 2.55 bits per heavy atom. The van der Waals surface area contributed by atoms with Gasteiger partial charge in [-0.1, -0.05) is 12.1 Å². The molecule has 2 aromatic heterocycles. The number of anilines is 5. The molecule has 3 aromatic rings. The van der Waals surface area contributed by atoms with E-state index in [1.54, 1.807) is 6.20 Å². The van der Waals surface area contributed by atoms with Crippen molar-refractivity contribution < 1.29 is 4.79 Å². The van der Waals surface area contributed by atoms with Gasteiger partial charge in [0.05, 0.1) is 6.20 Å². The molecule has 0 bridgehead atoms. The smallest absolute Gasteiger partial charge is 0.247 e. The minimum Gasteiger partial charge on any atom is -0.353 e. The van der Waals surface area contributed by atoms with Crippen molar-refractivity contribution in [2.45, 2.75) is 6.92 Å². The Bertz CT molecular complexity index is 973. The summed E-state index contributed by atoms with van der Waals surface area (Å²) in [5.41, 5.74) is 1.53. The van der Waals surface area contributed by atoms with Crippen molar-refractivity contribution in [3.63, 3.8) is 0 Å². The largest absolute Gasteiger partial charge is 0.353 e. The maximum atomic E-state index is 11.2. The first-order chi connectivity index (χ1) is 14.2. The lowest BCUT2D eigenvalue weighted by Gasteiger charge is -2.35. The van der Waals surface area contributed by atoms with E-state index in [-0.39, 0.29) is 5.91 Å². The van der Waals surface area contributed by atoms with E-state index in [2.05, 4.69) is 40.6 Å². The highest BCUT2D eigenvalue weighted by molar-refractivity contribution is 5.89. The van der Waals surface area contributed by atoms with E-state index >= 15 is 0 Å². The zero-order chi connectivity index (χ0) is 20.1. The van der Waals surface area contributed by atoms with Crippen LogP contribution in [0.5, 0.6) is 0 Å². The fraction of sp³-hybridized carbons (Fsp3) is 0.250. The third-order valence-corrected chi connectivity index (χ3v) is 4.54. The Labute approximate surface area is 168 Å². The van der Waals surface area contributed by atoms with Gasteiger partial charge >= 0.3 is 0 Å². The molecule has 148 valence electrons. The summed E-state index contributed by atoms with van der Waals surface area (Å²) >= 11 is 0. The number of pyridine rings is 1. The summed E-state index contributed by atoms with van der Waals surface area (Å²) in [6.45, 7) is 4.75. The van der Waals surface area contributed by atoms with Crippen LogP contribution < -0.4 is 20.4 Å². The van der Waals surface area contributed by atoms with Gasteiger partial charge in [-0.05, 0) is 30.3 Å². The fourth-order valence-corrected chi connectivity index (χ4v) is 3.19. The van der Waals surface area contributed by atoms with Gasteiger partial charge in [0, 0.05) is 50.7 Å². The molecule has 0 aliphatic carbocycles. The summed E-state index contributed by atoms with van der Waals surface area (Å²) in [5, 5.41) is 14.3. The minimum atomic E-state index is -0.113. The minimum absolute atomic E-state index is 0.113. The number of amides is 1. The molecule has 1 amide bonds. The summed E-state index contributed by atoms with van der Waals surface area (Å²) in [6, 6.07) is 13.4. The summed E-state index contributed by atoms with van der Waals surface area (Å²) in [6.07, 6.45) is 3.39. The van der Waals surface area contributed by atoms with Crippen molar-refractivity contribution in [1.82, 2.24) is 20.2 Å². The summed E-state index contributed by atoms with van der Waals surface area (Å²) < 4.78 is 0. The van der Waals surface area contributed by atoms with Crippen molar-refractivity contribution >= 4 is 34.9 Å². The Morgan fingerprint density at radius 1 is 1.00 bits per heavy atom. The van der Waals surface area contributed by atoms with Gasteiger partial charge in [0.2, 0.25) is 11.9 Å². The van der Waals surface area contributed by atoms with Gasteiger partial charge in [0.15, 0.2) is 5.82 Å². The first-order valence-electron chi connectivity index (χ1n) is 9.43. The van der Waals surface area contributed by atoms with Gasteiger partial charge in [-0.25, -0.2) is 4.98 Å². The average Bonchev–Trinajstić information content (AvgIpc) is 2.74. The van der Waals surface area contributed by atoms with Crippen LogP contribution in [0.3, 0.4) is 0 Å². The molecule has 9 heteroatoms. The van der Waals surface area contributed by atoms with E-state index < -0.39 is 0 Å². The standard InChI is InChI=1S/C20H22N8O/c1-15(29)23-16-5-4-6-17(13-16)24-18-14-22-26-20(25-18)28-11-9-27(10-12-28)19-7-2-3-8-21-19/h2-8,13-14H,9-12H2,1H3,(H,23,29)(H,24,25,26). The van der Waals surface area contributed by atoms with Crippen molar-refractivity contribution in [3.05, 3.63) is 54.9 Å². The van der Waals surface area contributed by atoms with Crippen LogP contribution in [0.4, 0.5) is 29.0 Å². The van der Waals surface area contributed by atoms with Crippen LogP contribution in [0.2, 0.25) is 0 Å². The van der Waals surface area contributed by atoms with E-state index in [1.165, 1.54) is 6.92 Å². The molecule has 1 aliphatic rings. The van der Waals surface area contributed by atoms with Gasteiger partial charge < -0.3 is 20.4 Å². The number of hydrogen-bond donors (Lipinski definition) is 2. The van der Waals surface area contributed by atoms with Crippen LogP contribution in [0.1, 0.15) is 6.92 Å². The number of carbonyl (C=O) groups is 1. The molecule has 3 heterocycles. The number of hydrogen-bond acceptors (Lipinski definition) is 8. The second-order valence-corrected chi connectivity index (χ2v) is 6.69. The topological polar surface area (TPSA) is 99.2 Å². The van der Waals surface area contributed by atoms with E-state index in [0.717, 1.165) is 43.4 Å². The third-order valence-electron chi connectivity index (χ3n) is 4.54. The third kappa shape index (κ3) is 4.75. The molecule has 0 atom stereocenters. The quantitative estimate of drug-likeness (QED) is 0.685. The maximum Gasteiger partial charge on any atom is 0.247 e. The molecule has 4 rings (SSSR count). The number of benzene rings is 1. The molecule has 1 fully saturated rings. The number of nitrogens with one attached hydrogen (secondary N) is 2. The van der Waals surface area contributed by atoms with Crippen molar-refractivity contribution in [2.75, 3.05) is 46.6 Å². The first kappa shape index (κ1) is 18.6. The van der Waals surface area contributed by atoms with E-state index in [9.17, 15) is 4.79 Å². The van der Waals surface area contributed by atoms with Crippen LogP contribution in [0.25, 0.3) is 0 Å². The lowest BCUT2D eigenvalue weighted by molar-refractivity contribution is -0.114. The zero-order valence-corrected chi connectivity index (χ0v) is 16.1. The molecule has 29 heavy (non-hydrogen) atoms. The molecule has 0 saturated carbocycles. The van der Waals surface area contributed by atoms with Crippen LogP contribution in [0, 0.1) is 0 Å². The van der Waals surface area contributed by atoms with E-state index in [4.69, 9.17) is 0 Å². The number of aromatic nitrogens is 4.